The smallest absolute Gasteiger partial charge is 0.416 e. The van der Waals surface area contributed by atoms with E-state index in [0.29, 0.717) is 46.3 Å². The van der Waals surface area contributed by atoms with Crippen molar-refractivity contribution in [2.75, 3.05) is 13.1 Å². The van der Waals surface area contributed by atoms with Gasteiger partial charge in [-0.25, -0.2) is 27.3 Å². The highest BCUT2D eigenvalue weighted by atomic mass is 32.2. The lowest BCUT2D eigenvalue weighted by molar-refractivity contribution is -0.137. The molecule has 18 heteroatoms. The molecule has 14 nitrogen and oxygen atoms in total. The highest BCUT2D eigenvalue weighted by molar-refractivity contribution is 7.85. The Hall–Kier alpha value is -6.03. The number of carbonyl (C=O) groups excluding carboxylic acids is 2. The maximum absolute atomic E-state index is 14.2. The van der Waals surface area contributed by atoms with Gasteiger partial charge in [0.05, 0.1) is 57.5 Å². The first kappa shape index (κ1) is 41.1. The second kappa shape index (κ2) is 15.6. The molecule has 2 aromatic heterocycles. The number of piperidine rings is 1. The third-order valence-electron chi connectivity index (χ3n) is 10.1. The van der Waals surface area contributed by atoms with Crippen molar-refractivity contribution in [3.8, 4) is 28.8 Å². The van der Waals surface area contributed by atoms with E-state index in [9.17, 15) is 45.8 Å². The van der Waals surface area contributed by atoms with Crippen molar-refractivity contribution in [2.24, 2.45) is 0 Å². The summed E-state index contributed by atoms with van der Waals surface area (Å²) in [5.41, 5.74) is 1.42. The number of amides is 2. The molecule has 0 bridgehead atoms. The van der Waals surface area contributed by atoms with Gasteiger partial charge >= 0.3 is 17.9 Å². The minimum absolute atomic E-state index is 0. The average Bonchev–Trinajstić information content (AvgIpc) is 3.72. The molecule has 0 atom stereocenters. The largest absolute Gasteiger partial charge is 0.744 e. The fourth-order valence-corrected chi connectivity index (χ4v) is 7.71. The van der Waals surface area contributed by atoms with E-state index in [1.54, 1.807) is 56.0 Å². The van der Waals surface area contributed by atoms with E-state index in [4.69, 9.17) is 0 Å². The van der Waals surface area contributed by atoms with Gasteiger partial charge in [-0.05, 0) is 117 Å². The maximum atomic E-state index is 14.2. The second-order valence-corrected chi connectivity index (χ2v) is 14.7. The highest BCUT2D eigenvalue weighted by Gasteiger charge is 2.33. The molecule has 0 spiro atoms. The SMILES string of the molecule is Cc1c(CC(=O)N2CCC(NC(=O)n3c(-c4ccnn4-c4ccc(C#N)cc4)c(C)n(-c4cccc(C(F)(F)F)c4)c3=O)CC2)cc(S(=O)(=O)[O-])c(C)c1C.[NH4+]. The summed E-state index contributed by atoms with van der Waals surface area (Å²) in [6.07, 6.45) is -2.80. The van der Waals surface area contributed by atoms with Gasteiger partial charge < -0.3 is 20.9 Å². The third kappa shape index (κ3) is 7.87. The van der Waals surface area contributed by atoms with Gasteiger partial charge in [-0.3, -0.25) is 9.36 Å². The lowest BCUT2D eigenvalue weighted by atomic mass is 9.96. The first-order valence-electron chi connectivity index (χ1n) is 17.1. The number of imidazole rings is 1. The number of carbonyl (C=O) groups is 2. The van der Waals surface area contributed by atoms with Crippen molar-refractivity contribution >= 4 is 22.1 Å². The van der Waals surface area contributed by atoms with E-state index < -0.39 is 39.6 Å². The van der Waals surface area contributed by atoms with Crippen LogP contribution in [0.25, 0.3) is 22.8 Å². The van der Waals surface area contributed by atoms with E-state index in [0.717, 1.165) is 21.3 Å². The minimum Gasteiger partial charge on any atom is -0.744 e. The quantitative estimate of drug-likeness (QED) is 0.195. The van der Waals surface area contributed by atoms with Crippen LogP contribution in [-0.4, -0.2) is 67.9 Å². The van der Waals surface area contributed by atoms with E-state index in [-0.39, 0.29) is 59.2 Å². The summed E-state index contributed by atoms with van der Waals surface area (Å²) in [7, 11) is -4.76. The van der Waals surface area contributed by atoms with Crippen LogP contribution < -0.4 is 17.2 Å². The highest BCUT2D eigenvalue weighted by Crippen LogP contribution is 2.32. The number of nitriles is 1. The van der Waals surface area contributed by atoms with Crippen LogP contribution in [0.2, 0.25) is 0 Å². The zero-order chi connectivity index (χ0) is 40.0. The van der Waals surface area contributed by atoms with Gasteiger partial charge in [0.2, 0.25) is 5.91 Å². The Morgan fingerprint density at radius 3 is 2.23 bits per heavy atom. The van der Waals surface area contributed by atoms with Gasteiger partial charge in [-0.1, -0.05) is 6.07 Å². The van der Waals surface area contributed by atoms with E-state index in [1.165, 1.54) is 36.0 Å². The Bertz CT molecular complexity index is 2540. The Balaban J connectivity index is 0.00000600. The zero-order valence-electron chi connectivity index (χ0n) is 31.1. The molecule has 1 saturated heterocycles. The van der Waals surface area contributed by atoms with Crippen LogP contribution in [0.4, 0.5) is 18.0 Å². The lowest BCUT2D eigenvalue weighted by Crippen LogP contribution is -2.49. The monoisotopic (exact) mass is 792 g/mol. The fraction of sp³-hybridized carbons (Fsp3) is 0.289. The Morgan fingerprint density at radius 1 is 0.964 bits per heavy atom. The van der Waals surface area contributed by atoms with Crippen molar-refractivity contribution in [1.82, 2.24) is 35.3 Å². The van der Waals surface area contributed by atoms with E-state index in [1.807, 2.05) is 6.07 Å². The summed E-state index contributed by atoms with van der Waals surface area (Å²) in [5.74, 6) is -0.297. The Labute approximate surface area is 320 Å². The van der Waals surface area contributed by atoms with E-state index >= 15 is 0 Å². The van der Waals surface area contributed by atoms with Gasteiger partial charge in [0.25, 0.3) is 0 Å². The van der Waals surface area contributed by atoms with Gasteiger partial charge in [0.15, 0.2) is 0 Å². The van der Waals surface area contributed by atoms with Crippen molar-refractivity contribution < 1.29 is 35.7 Å². The van der Waals surface area contributed by atoms with Crippen LogP contribution in [0.1, 0.15) is 51.9 Å². The van der Waals surface area contributed by atoms with Crippen molar-refractivity contribution in [2.45, 2.75) is 64.1 Å². The molecule has 1 fully saturated rings. The molecule has 0 radical (unpaired) electrons. The maximum Gasteiger partial charge on any atom is 0.416 e. The molecule has 56 heavy (non-hydrogen) atoms. The summed E-state index contributed by atoms with van der Waals surface area (Å²) in [5, 5.41) is 16.5. The molecule has 5 N–H and O–H groups in total. The molecule has 6 rings (SSSR count). The standard InChI is InChI=1S/C38H36F3N7O6S.H3N/c1-22-23(2)27(18-33(24(22)3)55(52,53)54)19-34(49)45-16-13-29(14-17-45)44-36(50)47-35(32-12-15-43-48(32)30-10-8-26(21-42)9-11-30)25(4)46(37(47)51)31-7-5-6-28(20-31)38(39,40)41;/h5-12,15,18,20,29H,13-14,16-17,19H2,1-4H3,(H,44,50)(H,52,53,54);1H3. The number of nitrogens with one attached hydrogen (secondary N) is 1. The Morgan fingerprint density at radius 2 is 1.62 bits per heavy atom. The number of hydrogen-bond donors (Lipinski definition) is 2. The second-order valence-electron chi connectivity index (χ2n) is 13.4. The van der Waals surface area contributed by atoms with E-state index in [2.05, 4.69) is 10.4 Å². The number of alkyl halides is 3. The predicted molar refractivity (Wildman–Crippen MR) is 199 cm³/mol. The average molecular weight is 793 g/mol. The number of halogens is 3. The first-order valence-corrected chi connectivity index (χ1v) is 18.5. The topological polar surface area (TPSA) is 212 Å². The molecule has 5 aromatic rings. The summed E-state index contributed by atoms with van der Waals surface area (Å²) in [6.45, 7) is 6.93. The van der Waals surface area contributed by atoms with Crippen molar-refractivity contribution in [3.05, 3.63) is 116 Å². The first-order chi connectivity index (χ1) is 25.9. The van der Waals surface area contributed by atoms with Gasteiger partial charge in [-0.15, -0.1) is 0 Å². The van der Waals surface area contributed by atoms with Gasteiger partial charge in [-0.2, -0.15) is 23.5 Å². The number of benzene rings is 3. The predicted octanol–water partition coefficient (Wildman–Crippen LogP) is 5.69. The van der Waals surface area contributed by atoms with Crippen LogP contribution in [-0.2, 0) is 27.5 Å². The number of hydrogen-bond acceptors (Lipinski definition) is 8. The normalized spacial score (nSPS) is 13.6. The Kier molecular flexibility index (Phi) is 11.5. The summed E-state index contributed by atoms with van der Waals surface area (Å²) >= 11 is 0. The summed E-state index contributed by atoms with van der Waals surface area (Å²) in [6, 6.07) is 14.1. The molecule has 1 aliphatic rings. The number of likely N-dealkylation sites (tertiary alicyclic amines) is 1. The molecule has 3 heterocycles. The molecule has 0 aliphatic carbocycles. The molecule has 3 aromatic carbocycles. The molecule has 0 saturated carbocycles. The van der Waals surface area contributed by atoms with Gasteiger partial charge in [0.1, 0.15) is 15.8 Å². The van der Waals surface area contributed by atoms with Crippen LogP contribution in [0.5, 0.6) is 0 Å². The van der Waals surface area contributed by atoms with Crippen LogP contribution in [0, 0.1) is 39.0 Å². The van der Waals surface area contributed by atoms with Crippen LogP contribution >= 0.6 is 0 Å². The molecule has 294 valence electrons. The van der Waals surface area contributed by atoms with Crippen LogP contribution in [0.3, 0.4) is 0 Å². The number of rotatable bonds is 7. The molecule has 2 amide bonds. The zero-order valence-corrected chi connectivity index (χ0v) is 32.0. The van der Waals surface area contributed by atoms with Crippen molar-refractivity contribution in [1.29, 1.82) is 5.26 Å². The number of quaternary nitrogens is 1. The minimum atomic E-state index is -4.76. The molecular weight excluding hydrogens is 754 g/mol. The summed E-state index contributed by atoms with van der Waals surface area (Å²) < 4.78 is 80.1. The number of nitrogens with zero attached hydrogens (tertiary/aromatic N) is 6. The molecule has 0 unspecified atom stereocenters. The fourth-order valence-electron chi connectivity index (χ4n) is 6.90. The van der Waals surface area contributed by atoms with Crippen LogP contribution in [0.15, 0.2) is 76.6 Å². The van der Waals surface area contributed by atoms with Gasteiger partial charge in [0, 0.05) is 19.1 Å². The lowest BCUT2D eigenvalue weighted by Gasteiger charge is -2.32. The molecule has 1 aliphatic heterocycles. The van der Waals surface area contributed by atoms with Crippen molar-refractivity contribution in [3.63, 3.8) is 0 Å². The number of aromatic nitrogens is 4. The summed E-state index contributed by atoms with van der Waals surface area (Å²) in [4.78, 5) is 42.8. The third-order valence-corrected chi connectivity index (χ3v) is 11.1. The molecular formula is C38H39F3N8O6S.